The lowest BCUT2D eigenvalue weighted by atomic mass is 10.1. The largest absolute Gasteiger partial charge is 0.466 e. The number of aromatic nitrogens is 2. The first kappa shape index (κ1) is 17.6. The smallest absolute Gasteiger partial charge is 0.305 e. The zero-order valence-corrected chi connectivity index (χ0v) is 13.7. The minimum absolute atomic E-state index is 0.174. The number of nitrogens with zero attached hydrogens (tertiary/aromatic N) is 3. The molecule has 2 aromatic rings. The molecule has 126 valence electrons. The molecule has 0 bridgehead atoms. The normalized spacial score (nSPS) is 10.0. The van der Waals surface area contributed by atoms with Crippen molar-refractivity contribution in [2.75, 3.05) is 13.2 Å². The number of esters is 1. The highest BCUT2D eigenvalue weighted by atomic mass is 16.6. The van der Waals surface area contributed by atoms with E-state index in [0.717, 1.165) is 17.5 Å². The van der Waals surface area contributed by atoms with Gasteiger partial charge in [0.1, 0.15) is 12.3 Å². The molecule has 0 N–H and O–H groups in total. The minimum Gasteiger partial charge on any atom is -0.466 e. The van der Waals surface area contributed by atoms with Crippen LogP contribution in [0.2, 0.25) is 0 Å². The summed E-state index contributed by atoms with van der Waals surface area (Å²) in [7, 11) is 0. The van der Waals surface area contributed by atoms with Crippen LogP contribution in [0.5, 0.6) is 0 Å². The van der Waals surface area contributed by atoms with Crippen LogP contribution in [-0.4, -0.2) is 34.9 Å². The lowest BCUT2D eigenvalue weighted by Gasteiger charge is -2.07. The van der Waals surface area contributed by atoms with E-state index < -0.39 is 0 Å². The Labute approximate surface area is 141 Å². The third-order valence-electron chi connectivity index (χ3n) is 3.20. The van der Waals surface area contributed by atoms with E-state index in [0.29, 0.717) is 31.8 Å². The molecule has 0 saturated heterocycles. The number of oxime groups is 1. The van der Waals surface area contributed by atoms with Gasteiger partial charge >= 0.3 is 5.97 Å². The Bertz CT molecular complexity index is 604. The van der Waals surface area contributed by atoms with Crippen molar-refractivity contribution in [1.29, 1.82) is 0 Å². The maximum atomic E-state index is 11.2. The van der Waals surface area contributed by atoms with Crippen molar-refractivity contribution in [2.45, 2.75) is 26.2 Å². The minimum atomic E-state index is -0.174. The highest BCUT2D eigenvalue weighted by molar-refractivity contribution is 6.12. The summed E-state index contributed by atoms with van der Waals surface area (Å²) in [6, 6.07) is 7.53. The maximum Gasteiger partial charge on any atom is 0.305 e. The first-order valence-corrected chi connectivity index (χ1v) is 7.97. The Balaban J connectivity index is 1.91. The molecular formula is C18H21N3O3. The summed E-state index contributed by atoms with van der Waals surface area (Å²) in [6.45, 7) is 2.65. The standard InChI is InChI=1S/C18H21N3O3/c1-2-23-17(22)9-3-4-12-24-21-18(15-7-5-10-19-13-15)16-8-6-11-20-14-16/h5-8,10-11,13-14H,2-4,9,12H2,1H3. The van der Waals surface area contributed by atoms with Gasteiger partial charge in [-0.2, -0.15) is 0 Å². The van der Waals surface area contributed by atoms with Gasteiger partial charge in [-0.05, 0) is 44.0 Å². The Hall–Kier alpha value is -2.76. The van der Waals surface area contributed by atoms with Crippen molar-refractivity contribution in [3.05, 3.63) is 60.2 Å². The Morgan fingerprint density at radius 1 is 1.08 bits per heavy atom. The Kier molecular flexibility index (Phi) is 7.40. The Morgan fingerprint density at radius 3 is 2.29 bits per heavy atom. The third-order valence-corrected chi connectivity index (χ3v) is 3.20. The van der Waals surface area contributed by atoms with Crippen molar-refractivity contribution in [2.24, 2.45) is 5.16 Å². The number of hydrogen-bond acceptors (Lipinski definition) is 6. The molecule has 6 nitrogen and oxygen atoms in total. The molecule has 0 spiro atoms. The first-order valence-electron chi connectivity index (χ1n) is 7.97. The van der Waals surface area contributed by atoms with Gasteiger partial charge in [0.15, 0.2) is 0 Å². The predicted octanol–water partition coefficient (Wildman–Crippen LogP) is 2.98. The predicted molar refractivity (Wildman–Crippen MR) is 90.5 cm³/mol. The van der Waals surface area contributed by atoms with E-state index in [1.54, 1.807) is 31.7 Å². The van der Waals surface area contributed by atoms with Crippen LogP contribution in [0, 0.1) is 0 Å². The van der Waals surface area contributed by atoms with Gasteiger partial charge in [0.05, 0.1) is 6.61 Å². The van der Waals surface area contributed by atoms with E-state index in [1.165, 1.54) is 0 Å². The van der Waals surface area contributed by atoms with E-state index in [4.69, 9.17) is 9.57 Å². The van der Waals surface area contributed by atoms with Gasteiger partial charge in [-0.25, -0.2) is 0 Å². The van der Waals surface area contributed by atoms with Gasteiger partial charge in [-0.1, -0.05) is 5.16 Å². The summed E-state index contributed by atoms with van der Waals surface area (Å²) in [5.74, 6) is -0.174. The molecule has 0 saturated carbocycles. The second-order valence-electron chi connectivity index (χ2n) is 5.02. The number of rotatable bonds is 9. The zero-order valence-electron chi connectivity index (χ0n) is 13.7. The number of carbonyl (C=O) groups excluding carboxylic acids is 1. The molecule has 2 rings (SSSR count). The van der Waals surface area contributed by atoms with Crippen LogP contribution in [0.25, 0.3) is 0 Å². The summed E-state index contributed by atoms with van der Waals surface area (Å²) in [4.78, 5) is 24.9. The van der Waals surface area contributed by atoms with E-state index in [1.807, 2.05) is 24.3 Å². The topological polar surface area (TPSA) is 73.7 Å². The molecule has 0 atom stereocenters. The second-order valence-corrected chi connectivity index (χ2v) is 5.02. The molecule has 2 heterocycles. The molecule has 0 aliphatic heterocycles. The number of carbonyl (C=O) groups is 1. The molecule has 2 aromatic heterocycles. The molecule has 0 fully saturated rings. The van der Waals surface area contributed by atoms with Crippen LogP contribution < -0.4 is 0 Å². The fourth-order valence-corrected chi connectivity index (χ4v) is 2.06. The average molecular weight is 327 g/mol. The van der Waals surface area contributed by atoms with Crippen molar-refractivity contribution >= 4 is 11.7 Å². The summed E-state index contributed by atoms with van der Waals surface area (Å²) in [5.41, 5.74) is 2.40. The van der Waals surface area contributed by atoms with E-state index >= 15 is 0 Å². The molecule has 0 radical (unpaired) electrons. The highest BCUT2D eigenvalue weighted by Crippen LogP contribution is 2.09. The van der Waals surface area contributed by atoms with E-state index in [9.17, 15) is 4.79 Å². The summed E-state index contributed by atoms with van der Waals surface area (Å²) < 4.78 is 4.88. The average Bonchev–Trinajstić information content (AvgIpc) is 2.63. The van der Waals surface area contributed by atoms with Gasteiger partial charge in [-0.15, -0.1) is 0 Å². The summed E-state index contributed by atoms with van der Waals surface area (Å²) >= 11 is 0. The third kappa shape index (κ3) is 5.79. The van der Waals surface area contributed by atoms with Crippen molar-refractivity contribution in [3.8, 4) is 0 Å². The summed E-state index contributed by atoms with van der Waals surface area (Å²) in [6.07, 6.45) is 8.73. The maximum absolute atomic E-state index is 11.2. The molecule has 0 aromatic carbocycles. The molecule has 0 unspecified atom stereocenters. The van der Waals surface area contributed by atoms with E-state index in [2.05, 4.69) is 15.1 Å². The van der Waals surface area contributed by atoms with Crippen molar-refractivity contribution < 1.29 is 14.4 Å². The fraction of sp³-hybridized carbons (Fsp3) is 0.333. The monoisotopic (exact) mass is 327 g/mol. The van der Waals surface area contributed by atoms with Crippen LogP contribution in [0.1, 0.15) is 37.3 Å². The molecule has 24 heavy (non-hydrogen) atoms. The number of ether oxygens (including phenoxy) is 1. The highest BCUT2D eigenvalue weighted by Gasteiger charge is 2.08. The van der Waals surface area contributed by atoms with Crippen LogP contribution >= 0.6 is 0 Å². The van der Waals surface area contributed by atoms with Gasteiger partial charge in [0.2, 0.25) is 0 Å². The quantitative estimate of drug-likeness (QED) is 0.306. The van der Waals surface area contributed by atoms with Crippen LogP contribution in [0.3, 0.4) is 0 Å². The summed E-state index contributed by atoms with van der Waals surface area (Å²) in [5, 5.41) is 4.24. The number of hydrogen-bond donors (Lipinski definition) is 0. The van der Waals surface area contributed by atoms with Crippen molar-refractivity contribution in [1.82, 2.24) is 9.97 Å². The van der Waals surface area contributed by atoms with Crippen LogP contribution in [-0.2, 0) is 14.4 Å². The van der Waals surface area contributed by atoms with E-state index in [-0.39, 0.29) is 5.97 Å². The SMILES string of the molecule is CCOC(=O)CCCCON=C(c1cccnc1)c1cccnc1. The second kappa shape index (κ2) is 10.1. The van der Waals surface area contributed by atoms with Crippen LogP contribution in [0.15, 0.2) is 54.2 Å². The lowest BCUT2D eigenvalue weighted by molar-refractivity contribution is -0.143. The number of unbranched alkanes of at least 4 members (excludes halogenated alkanes) is 1. The van der Waals surface area contributed by atoms with Crippen molar-refractivity contribution in [3.63, 3.8) is 0 Å². The molecule has 0 aliphatic rings. The molecular weight excluding hydrogens is 306 g/mol. The van der Waals surface area contributed by atoms with Gasteiger partial charge in [0, 0.05) is 42.3 Å². The van der Waals surface area contributed by atoms with Gasteiger partial charge in [0.25, 0.3) is 0 Å². The van der Waals surface area contributed by atoms with Gasteiger partial charge in [-0.3, -0.25) is 14.8 Å². The van der Waals surface area contributed by atoms with Crippen LogP contribution in [0.4, 0.5) is 0 Å². The first-order chi connectivity index (χ1) is 11.8. The zero-order chi connectivity index (χ0) is 17.0. The molecule has 6 heteroatoms. The lowest BCUT2D eigenvalue weighted by Crippen LogP contribution is -2.06. The molecule has 0 aliphatic carbocycles. The Morgan fingerprint density at radius 2 is 1.75 bits per heavy atom. The number of pyridine rings is 2. The fourth-order valence-electron chi connectivity index (χ4n) is 2.06. The van der Waals surface area contributed by atoms with Gasteiger partial charge < -0.3 is 9.57 Å². The molecule has 0 amide bonds.